The van der Waals surface area contributed by atoms with Gasteiger partial charge in [0.1, 0.15) is 11.6 Å². The summed E-state index contributed by atoms with van der Waals surface area (Å²) in [7, 11) is 1.64. The molecule has 28 heavy (non-hydrogen) atoms. The summed E-state index contributed by atoms with van der Waals surface area (Å²) in [4.78, 5) is 30.4. The molecule has 3 N–H and O–H groups in total. The largest absolute Gasteiger partial charge is 0.497 e. The molecule has 3 heterocycles. The van der Waals surface area contributed by atoms with Crippen molar-refractivity contribution in [2.45, 2.75) is 12.8 Å². The second-order valence-electron chi connectivity index (χ2n) is 6.76. The first-order chi connectivity index (χ1) is 13.7. The maximum absolute atomic E-state index is 11.4. The molecule has 0 bridgehead atoms. The lowest BCUT2D eigenvalue weighted by molar-refractivity contribution is -0.122. The van der Waals surface area contributed by atoms with Gasteiger partial charge < -0.3 is 20.4 Å². The lowest BCUT2D eigenvalue weighted by atomic mass is 9.96. The Hall–Kier alpha value is -3.42. The van der Waals surface area contributed by atoms with Crippen molar-refractivity contribution in [1.29, 1.82) is 0 Å². The predicted molar refractivity (Wildman–Crippen MR) is 106 cm³/mol. The van der Waals surface area contributed by atoms with Crippen molar-refractivity contribution >= 4 is 11.9 Å². The van der Waals surface area contributed by atoms with Crippen LogP contribution in [0.3, 0.4) is 0 Å². The van der Waals surface area contributed by atoms with Gasteiger partial charge >= 0.3 is 0 Å². The summed E-state index contributed by atoms with van der Waals surface area (Å²) < 4.78 is 5.26. The summed E-state index contributed by atoms with van der Waals surface area (Å²) in [6.07, 6.45) is 6.71. The number of imidazole rings is 1. The monoisotopic (exact) mass is 378 g/mol. The summed E-state index contributed by atoms with van der Waals surface area (Å²) in [5, 5.41) is 0. The van der Waals surface area contributed by atoms with E-state index in [2.05, 4.69) is 19.9 Å². The van der Waals surface area contributed by atoms with Crippen LogP contribution in [0.25, 0.3) is 22.6 Å². The Balaban J connectivity index is 1.69. The maximum Gasteiger partial charge on any atom is 0.225 e. The number of hydrogen-bond acceptors (Lipinski definition) is 6. The van der Waals surface area contributed by atoms with Crippen LogP contribution in [-0.4, -0.2) is 46.0 Å². The van der Waals surface area contributed by atoms with Gasteiger partial charge in [-0.25, -0.2) is 15.0 Å². The lowest BCUT2D eigenvalue weighted by Gasteiger charge is -2.30. The third-order valence-electron chi connectivity index (χ3n) is 5.07. The van der Waals surface area contributed by atoms with E-state index < -0.39 is 0 Å². The average molecular weight is 378 g/mol. The molecule has 2 aromatic heterocycles. The van der Waals surface area contributed by atoms with E-state index in [0.717, 1.165) is 35.4 Å². The Labute approximate surface area is 162 Å². The van der Waals surface area contributed by atoms with Gasteiger partial charge in [-0.05, 0) is 37.1 Å². The Morgan fingerprint density at radius 1 is 1.21 bits per heavy atom. The normalized spacial score (nSPS) is 14.8. The van der Waals surface area contributed by atoms with E-state index >= 15 is 0 Å². The zero-order valence-electron chi connectivity index (χ0n) is 15.6. The highest BCUT2D eigenvalue weighted by Crippen LogP contribution is 2.31. The number of primary amides is 1. The number of methoxy groups -OCH3 is 1. The molecule has 1 aliphatic heterocycles. The van der Waals surface area contributed by atoms with Gasteiger partial charge in [0.05, 0.1) is 18.4 Å². The van der Waals surface area contributed by atoms with Crippen LogP contribution in [-0.2, 0) is 4.79 Å². The molecule has 8 heteroatoms. The van der Waals surface area contributed by atoms with Crippen molar-refractivity contribution < 1.29 is 9.53 Å². The van der Waals surface area contributed by atoms with Crippen LogP contribution >= 0.6 is 0 Å². The zero-order chi connectivity index (χ0) is 19.5. The van der Waals surface area contributed by atoms with Crippen molar-refractivity contribution in [3.8, 4) is 28.4 Å². The Bertz CT molecular complexity index is 947. The number of carbonyl (C=O) groups is 1. The van der Waals surface area contributed by atoms with E-state index in [1.165, 1.54) is 0 Å². The molecule has 3 aromatic rings. The summed E-state index contributed by atoms with van der Waals surface area (Å²) in [5.74, 6) is 1.84. The molecule has 1 saturated heterocycles. The lowest BCUT2D eigenvalue weighted by Crippen LogP contribution is -2.39. The van der Waals surface area contributed by atoms with Gasteiger partial charge in [-0.2, -0.15) is 0 Å². The second kappa shape index (κ2) is 7.67. The number of piperidine rings is 1. The predicted octanol–water partition coefficient (Wildman–Crippen LogP) is 2.24. The minimum absolute atomic E-state index is 0.0697. The van der Waals surface area contributed by atoms with Crippen molar-refractivity contribution in [3.63, 3.8) is 0 Å². The zero-order valence-corrected chi connectivity index (χ0v) is 15.6. The highest BCUT2D eigenvalue weighted by Gasteiger charge is 2.25. The van der Waals surface area contributed by atoms with Gasteiger partial charge in [-0.15, -0.1) is 0 Å². The molecule has 4 rings (SSSR count). The molecule has 8 nitrogen and oxygen atoms in total. The van der Waals surface area contributed by atoms with Crippen LogP contribution in [0.15, 0.2) is 42.9 Å². The third kappa shape index (κ3) is 3.53. The van der Waals surface area contributed by atoms with E-state index in [1.807, 2.05) is 24.3 Å². The van der Waals surface area contributed by atoms with Gasteiger partial charge in [0, 0.05) is 43.2 Å². The van der Waals surface area contributed by atoms with Gasteiger partial charge in [-0.3, -0.25) is 4.79 Å². The number of anilines is 1. The Kier molecular flexibility index (Phi) is 4.92. The molecule has 0 unspecified atom stereocenters. The number of hydrogen-bond donors (Lipinski definition) is 2. The van der Waals surface area contributed by atoms with Crippen LogP contribution in [0.2, 0.25) is 0 Å². The van der Waals surface area contributed by atoms with Crippen LogP contribution in [0, 0.1) is 5.92 Å². The fourth-order valence-corrected chi connectivity index (χ4v) is 3.44. The second-order valence-corrected chi connectivity index (χ2v) is 6.76. The highest BCUT2D eigenvalue weighted by molar-refractivity contribution is 5.78. The molecule has 0 atom stereocenters. The number of ether oxygens (including phenoxy) is 1. The van der Waals surface area contributed by atoms with E-state index in [9.17, 15) is 4.79 Å². The van der Waals surface area contributed by atoms with Crippen LogP contribution in [0.5, 0.6) is 5.75 Å². The van der Waals surface area contributed by atoms with E-state index in [0.29, 0.717) is 24.9 Å². The number of rotatable bonds is 5. The molecule has 1 aliphatic rings. The molecule has 144 valence electrons. The topological polar surface area (TPSA) is 110 Å². The standard InChI is InChI=1S/C20H22N6O2/c1-28-15-4-2-13(3-5-15)17-16(19-22-8-9-23-19)12-24-20(25-17)26-10-6-14(7-11-26)18(21)27/h2-5,8-9,12,14H,6-7,10-11H2,1H3,(H2,21,27)(H,22,23). The SMILES string of the molecule is COc1ccc(-c2nc(N3CCC(C(N)=O)CC3)ncc2-c2ncc[nH]2)cc1. The smallest absolute Gasteiger partial charge is 0.225 e. The molecular formula is C20H22N6O2. The summed E-state index contributed by atoms with van der Waals surface area (Å²) in [5.41, 5.74) is 8.00. The number of benzene rings is 1. The number of aromatic amines is 1. The molecule has 1 fully saturated rings. The van der Waals surface area contributed by atoms with Gasteiger partial charge in [-0.1, -0.05) is 0 Å². The average Bonchev–Trinajstić information content (AvgIpc) is 3.28. The number of H-pyrrole nitrogens is 1. The molecule has 0 aliphatic carbocycles. The quantitative estimate of drug-likeness (QED) is 0.705. The minimum Gasteiger partial charge on any atom is -0.497 e. The fourth-order valence-electron chi connectivity index (χ4n) is 3.44. The molecular weight excluding hydrogens is 356 g/mol. The first-order valence-corrected chi connectivity index (χ1v) is 9.21. The molecule has 0 radical (unpaired) electrons. The van der Waals surface area contributed by atoms with Crippen molar-refractivity contribution in [2.75, 3.05) is 25.1 Å². The first-order valence-electron chi connectivity index (χ1n) is 9.21. The highest BCUT2D eigenvalue weighted by atomic mass is 16.5. The van der Waals surface area contributed by atoms with Gasteiger partial charge in [0.15, 0.2) is 0 Å². The van der Waals surface area contributed by atoms with E-state index in [4.69, 9.17) is 15.5 Å². The summed E-state index contributed by atoms with van der Waals surface area (Å²) in [6.45, 7) is 1.41. The van der Waals surface area contributed by atoms with Crippen LogP contribution < -0.4 is 15.4 Å². The number of carbonyl (C=O) groups excluding carboxylic acids is 1. The van der Waals surface area contributed by atoms with E-state index in [-0.39, 0.29) is 11.8 Å². The first kappa shape index (κ1) is 18.0. The number of nitrogens with zero attached hydrogens (tertiary/aromatic N) is 4. The van der Waals surface area contributed by atoms with Crippen molar-refractivity contribution in [3.05, 3.63) is 42.9 Å². The fraction of sp³-hybridized carbons (Fsp3) is 0.300. The number of nitrogens with two attached hydrogens (primary N) is 1. The van der Waals surface area contributed by atoms with Crippen molar-refractivity contribution in [1.82, 2.24) is 19.9 Å². The van der Waals surface area contributed by atoms with E-state index in [1.54, 1.807) is 25.7 Å². The molecule has 1 amide bonds. The Morgan fingerprint density at radius 2 is 1.96 bits per heavy atom. The maximum atomic E-state index is 11.4. The third-order valence-corrected chi connectivity index (χ3v) is 5.07. The Morgan fingerprint density at radius 3 is 2.57 bits per heavy atom. The summed E-state index contributed by atoms with van der Waals surface area (Å²) in [6, 6.07) is 7.75. The van der Waals surface area contributed by atoms with Gasteiger partial charge in [0.2, 0.25) is 11.9 Å². The minimum atomic E-state index is -0.229. The van der Waals surface area contributed by atoms with Crippen molar-refractivity contribution in [2.24, 2.45) is 11.7 Å². The molecule has 1 aromatic carbocycles. The molecule has 0 saturated carbocycles. The van der Waals surface area contributed by atoms with Crippen LogP contribution in [0.1, 0.15) is 12.8 Å². The summed E-state index contributed by atoms with van der Waals surface area (Å²) >= 11 is 0. The number of nitrogens with one attached hydrogen (secondary N) is 1. The number of aromatic nitrogens is 4. The molecule has 0 spiro atoms. The van der Waals surface area contributed by atoms with Crippen LogP contribution in [0.4, 0.5) is 5.95 Å². The number of amides is 1. The van der Waals surface area contributed by atoms with Gasteiger partial charge in [0.25, 0.3) is 0 Å².